The van der Waals surface area contributed by atoms with Gasteiger partial charge >= 0.3 is 0 Å². The smallest absolute Gasteiger partial charge is 0.122 e. The standard InChI is InChI=1S/C17H23NOS/c1-4-18-14(3)16-5-6-17(13(2)11-16)19-9-7-15-8-10-20-12-15/h5-6,8,10-12,14,18H,4,7,9H2,1-3H3. The molecule has 3 heteroatoms. The van der Waals surface area contributed by atoms with Gasteiger partial charge in [-0.25, -0.2) is 0 Å². The minimum absolute atomic E-state index is 0.388. The molecule has 0 aliphatic carbocycles. The first-order valence-corrected chi connectivity index (χ1v) is 8.12. The Balaban J connectivity index is 1.92. The minimum Gasteiger partial charge on any atom is -0.493 e. The SMILES string of the molecule is CCNC(C)c1ccc(OCCc2ccsc2)c(C)c1. The fraction of sp³-hybridized carbons (Fsp3) is 0.412. The maximum absolute atomic E-state index is 5.89. The lowest BCUT2D eigenvalue weighted by atomic mass is 10.1. The fourth-order valence-electron chi connectivity index (χ4n) is 2.24. The van der Waals surface area contributed by atoms with Gasteiger partial charge in [-0.05, 0) is 60.0 Å². The van der Waals surface area contributed by atoms with Gasteiger partial charge in [-0.3, -0.25) is 0 Å². The first-order chi connectivity index (χ1) is 9.70. The molecule has 20 heavy (non-hydrogen) atoms. The van der Waals surface area contributed by atoms with Gasteiger partial charge in [0.15, 0.2) is 0 Å². The molecule has 1 aromatic heterocycles. The minimum atomic E-state index is 0.388. The molecule has 0 spiro atoms. The molecule has 0 aliphatic heterocycles. The normalized spacial score (nSPS) is 12.3. The molecule has 0 saturated carbocycles. The number of rotatable bonds is 7. The summed E-state index contributed by atoms with van der Waals surface area (Å²) in [6, 6.07) is 9.00. The molecule has 2 aromatic rings. The molecule has 1 heterocycles. The molecule has 0 amide bonds. The van der Waals surface area contributed by atoms with Gasteiger partial charge in [0, 0.05) is 12.5 Å². The number of aryl methyl sites for hydroxylation is 1. The lowest BCUT2D eigenvalue weighted by Gasteiger charge is -2.15. The van der Waals surface area contributed by atoms with Crippen LogP contribution in [0.25, 0.3) is 0 Å². The van der Waals surface area contributed by atoms with Gasteiger partial charge in [0.1, 0.15) is 5.75 Å². The van der Waals surface area contributed by atoms with Crippen molar-refractivity contribution in [1.29, 1.82) is 0 Å². The van der Waals surface area contributed by atoms with Gasteiger partial charge in [0.05, 0.1) is 6.61 Å². The van der Waals surface area contributed by atoms with Crippen LogP contribution in [0.2, 0.25) is 0 Å². The van der Waals surface area contributed by atoms with Crippen molar-refractivity contribution in [1.82, 2.24) is 5.32 Å². The number of benzene rings is 1. The van der Waals surface area contributed by atoms with Crippen molar-refractivity contribution in [2.45, 2.75) is 33.2 Å². The largest absolute Gasteiger partial charge is 0.493 e. The summed E-state index contributed by atoms with van der Waals surface area (Å²) in [5.41, 5.74) is 3.87. The van der Waals surface area contributed by atoms with Crippen LogP contribution in [0.5, 0.6) is 5.75 Å². The number of nitrogens with one attached hydrogen (secondary N) is 1. The lowest BCUT2D eigenvalue weighted by Crippen LogP contribution is -2.17. The Morgan fingerprint density at radius 2 is 2.15 bits per heavy atom. The summed E-state index contributed by atoms with van der Waals surface area (Å²) < 4.78 is 5.89. The maximum Gasteiger partial charge on any atom is 0.122 e. The van der Waals surface area contributed by atoms with Crippen molar-refractivity contribution in [3.05, 3.63) is 51.7 Å². The third-order valence-electron chi connectivity index (χ3n) is 3.44. The van der Waals surface area contributed by atoms with E-state index in [0.717, 1.165) is 25.3 Å². The predicted molar refractivity (Wildman–Crippen MR) is 86.8 cm³/mol. The summed E-state index contributed by atoms with van der Waals surface area (Å²) >= 11 is 1.74. The second-order valence-electron chi connectivity index (χ2n) is 5.03. The van der Waals surface area contributed by atoms with Crippen LogP contribution in [0.15, 0.2) is 35.0 Å². The second-order valence-corrected chi connectivity index (χ2v) is 5.81. The lowest BCUT2D eigenvalue weighted by molar-refractivity contribution is 0.320. The van der Waals surface area contributed by atoms with Crippen LogP contribution in [0.3, 0.4) is 0 Å². The third kappa shape index (κ3) is 4.09. The Morgan fingerprint density at radius 3 is 2.80 bits per heavy atom. The van der Waals surface area contributed by atoms with E-state index >= 15 is 0 Å². The number of thiophene rings is 1. The van der Waals surface area contributed by atoms with Crippen LogP contribution in [0.1, 0.15) is 36.6 Å². The summed E-state index contributed by atoms with van der Waals surface area (Å²) in [5.74, 6) is 0.993. The fourth-order valence-corrected chi connectivity index (χ4v) is 2.94. The highest BCUT2D eigenvalue weighted by Crippen LogP contribution is 2.23. The Hall–Kier alpha value is -1.32. The van der Waals surface area contributed by atoms with E-state index in [-0.39, 0.29) is 0 Å². The molecular formula is C17H23NOS. The summed E-state index contributed by atoms with van der Waals surface area (Å²) in [7, 11) is 0. The molecule has 1 N–H and O–H groups in total. The van der Waals surface area contributed by atoms with Gasteiger partial charge < -0.3 is 10.1 Å². The van der Waals surface area contributed by atoms with Crippen LogP contribution in [-0.2, 0) is 6.42 Å². The molecule has 0 bridgehead atoms. The Bertz CT molecular complexity index is 522. The molecule has 0 fully saturated rings. The van der Waals surface area contributed by atoms with Crippen LogP contribution >= 0.6 is 11.3 Å². The Labute approximate surface area is 125 Å². The van der Waals surface area contributed by atoms with Crippen LogP contribution in [0, 0.1) is 6.92 Å². The van der Waals surface area contributed by atoms with Crippen molar-refractivity contribution in [3.63, 3.8) is 0 Å². The molecule has 0 radical (unpaired) electrons. The number of hydrogen-bond donors (Lipinski definition) is 1. The van der Waals surface area contributed by atoms with Crippen molar-refractivity contribution in [2.75, 3.05) is 13.2 Å². The first-order valence-electron chi connectivity index (χ1n) is 7.18. The van der Waals surface area contributed by atoms with Crippen LogP contribution in [0.4, 0.5) is 0 Å². The Kier molecular flexibility index (Phi) is 5.62. The molecule has 2 rings (SSSR count). The highest BCUT2D eigenvalue weighted by Gasteiger charge is 2.07. The molecule has 108 valence electrons. The van der Waals surface area contributed by atoms with Gasteiger partial charge in [0.25, 0.3) is 0 Å². The zero-order valence-corrected chi connectivity index (χ0v) is 13.3. The molecule has 1 atom stereocenters. The average molecular weight is 289 g/mol. The van der Waals surface area contributed by atoms with E-state index in [4.69, 9.17) is 4.74 Å². The third-order valence-corrected chi connectivity index (χ3v) is 4.17. The highest BCUT2D eigenvalue weighted by atomic mass is 32.1. The van der Waals surface area contributed by atoms with Crippen LogP contribution in [-0.4, -0.2) is 13.2 Å². The van der Waals surface area contributed by atoms with Crippen molar-refractivity contribution in [2.24, 2.45) is 0 Å². The summed E-state index contributed by atoms with van der Waals surface area (Å²) in [5, 5.41) is 7.72. The van der Waals surface area contributed by atoms with Gasteiger partial charge in [-0.15, -0.1) is 0 Å². The van der Waals surface area contributed by atoms with E-state index < -0.39 is 0 Å². The number of hydrogen-bond acceptors (Lipinski definition) is 3. The first kappa shape index (κ1) is 15.1. The van der Waals surface area contributed by atoms with Crippen molar-refractivity contribution < 1.29 is 4.74 Å². The van der Waals surface area contributed by atoms with Crippen LogP contribution < -0.4 is 10.1 Å². The molecule has 1 unspecified atom stereocenters. The summed E-state index contributed by atoms with van der Waals surface area (Å²) in [6.07, 6.45) is 0.971. The van der Waals surface area contributed by atoms with E-state index in [1.807, 2.05) is 0 Å². The molecule has 1 aromatic carbocycles. The highest BCUT2D eigenvalue weighted by molar-refractivity contribution is 7.07. The van der Waals surface area contributed by atoms with E-state index in [9.17, 15) is 0 Å². The van der Waals surface area contributed by atoms with Crippen molar-refractivity contribution in [3.8, 4) is 5.75 Å². The Morgan fingerprint density at radius 1 is 1.30 bits per heavy atom. The van der Waals surface area contributed by atoms with E-state index in [1.165, 1.54) is 16.7 Å². The van der Waals surface area contributed by atoms with Gasteiger partial charge in [-0.1, -0.05) is 19.1 Å². The molecular weight excluding hydrogens is 266 g/mol. The molecule has 2 nitrogen and oxygen atoms in total. The van der Waals surface area contributed by atoms with E-state index in [1.54, 1.807) is 11.3 Å². The van der Waals surface area contributed by atoms with E-state index in [0.29, 0.717) is 6.04 Å². The molecule has 0 saturated heterocycles. The quantitative estimate of drug-likeness (QED) is 0.818. The monoisotopic (exact) mass is 289 g/mol. The zero-order chi connectivity index (χ0) is 14.4. The average Bonchev–Trinajstić information content (AvgIpc) is 2.94. The second kappa shape index (κ2) is 7.46. The topological polar surface area (TPSA) is 21.3 Å². The van der Waals surface area contributed by atoms with Crippen molar-refractivity contribution >= 4 is 11.3 Å². The zero-order valence-electron chi connectivity index (χ0n) is 12.5. The molecule has 0 aliphatic rings. The number of ether oxygens (including phenoxy) is 1. The maximum atomic E-state index is 5.89. The van der Waals surface area contributed by atoms with Gasteiger partial charge in [0.2, 0.25) is 0 Å². The van der Waals surface area contributed by atoms with E-state index in [2.05, 4.69) is 61.1 Å². The summed E-state index contributed by atoms with van der Waals surface area (Å²) in [6.45, 7) is 8.15. The summed E-state index contributed by atoms with van der Waals surface area (Å²) in [4.78, 5) is 0. The predicted octanol–water partition coefficient (Wildman–Crippen LogP) is 4.35. The van der Waals surface area contributed by atoms with Gasteiger partial charge in [-0.2, -0.15) is 11.3 Å².